The number of benzene rings is 1. The lowest BCUT2D eigenvalue weighted by Crippen LogP contribution is -2.27. The SMILES string of the molecule is Cc1ccccc1-c1cc(Nc2cccc(N3CCCC3C)n2)c2nccn2n1. The number of hydrogen-bond donors (Lipinski definition) is 1. The molecule has 1 atom stereocenters. The van der Waals surface area contributed by atoms with Gasteiger partial charge in [0.05, 0.1) is 11.4 Å². The second kappa shape index (κ2) is 7.20. The Balaban J connectivity index is 1.54. The van der Waals surface area contributed by atoms with E-state index in [-0.39, 0.29) is 0 Å². The molecule has 5 rings (SSSR count). The predicted molar refractivity (Wildman–Crippen MR) is 117 cm³/mol. The van der Waals surface area contributed by atoms with Gasteiger partial charge in [0.1, 0.15) is 11.6 Å². The quantitative estimate of drug-likeness (QED) is 0.546. The molecule has 0 bridgehead atoms. The van der Waals surface area contributed by atoms with Gasteiger partial charge in [-0.05, 0) is 50.5 Å². The molecule has 146 valence electrons. The van der Waals surface area contributed by atoms with Crippen molar-refractivity contribution in [1.29, 1.82) is 0 Å². The largest absolute Gasteiger partial charge is 0.354 e. The number of imidazole rings is 1. The van der Waals surface area contributed by atoms with Crippen LogP contribution < -0.4 is 10.2 Å². The molecule has 0 radical (unpaired) electrons. The minimum Gasteiger partial charge on any atom is -0.354 e. The first kappa shape index (κ1) is 17.7. The summed E-state index contributed by atoms with van der Waals surface area (Å²) in [7, 11) is 0. The van der Waals surface area contributed by atoms with Gasteiger partial charge in [0, 0.05) is 30.5 Å². The zero-order valence-electron chi connectivity index (χ0n) is 16.7. The molecule has 1 aliphatic heterocycles. The van der Waals surface area contributed by atoms with E-state index in [1.807, 2.05) is 28.9 Å². The van der Waals surface area contributed by atoms with Crippen LogP contribution in [0.15, 0.2) is 60.9 Å². The van der Waals surface area contributed by atoms with Crippen molar-refractivity contribution in [1.82, 2.24) is 19.6 Å². The van der Waals surface area contributed by atoms with E-state index in [0.717, 1.165) is 40.8 Å². The average Bonchev–Trinajstić information content (AvgIpc) is 3.37. The molecule has 0 saturated carbocycles. The van der Waals surface area contributed by atoms with E-state index in [1.165, 1.54) is 18.4 Å². The number of rotatable bonds is 4. The van der Waals surface area contributed by atoms with E-state index < -0.39 is 0 Å². The molecule has 1 unspecified atom stereocenters. The Bertz CT molecular complexity index is 1160. The zero-order chi connectivity index (χ0) is 19.8. The molecule has 0 aliphatic carbocycles. The van der Waals surface area contributed by atoms with Crippen LogP contribution in [-0.4, -0.2) is 32.2 Å². The third kappa shape index (κ3) is 3.31. The first-order valence-electron chi connectivity index (χ1n) is 10.1. The highest BCUT2D eigenvalue weighted by Crippen LogP contribution is 2.29. The van der Waals surface area contributed by atoms with Crippen molar-refractivity contribution in [3.63, 3.8) is 0 Å². The van der Waals surface area contributed by atoms with Crippen LogP contribution in [0.2, 0.25) is 0 Å². The molecular weight excluding hydrogens is 360 g/mol. The average molecular weight is 384 g/mol. The Morgan fingerprint density at radius 2 is 2.00 bits per heavy atom. The summed E-state index contributed by atoms with van der Waals surface area (Å²) in [6.45, 7) is 5.43. The summed E-state index contributed by atoms with van der Waals surface area (Å²) in [5, 5.41) is 8.22. The highest BCUT2D eigenvalue weighted by Gasteiger charge is 2.21. The highest BCUT2D eigenvalue weighted by atomic mass is 15.3. The number of hydrogen-bond acceptors (Lipinski definition) is 5. The number of fused-ring (bicyclic) bond motifs is 1. The molecule has 1 aliphatic rings. The first-order chi connectivity index (χ1) is 14.2. The van der Waals surface area contributed by atoms with Crippen molar-refractivity contribution in [2.45, 2.75) is 32.7 Å². The van der Waals surface area contributed by atoms with Crippen LogP contribution in [0.25, 0.3) is 16.9 Å². The summed E-state index contributed by atoms with van der Waals surface area (Å²) in [5.74, 6) is 1.83. The van der Waals surface area contributed by atoms with E-state index in [4.69, 9.17) is 10.1 Å². The minimum atomic E-state index is 0.533. The molecule has 6 nitrogen and oxygen atoms in total. The van der Waals surface area contributed by atoms with Gasteiger partial charge in [-0.2, -0.15) is 5.10 Å². The van der Waals surface area contributed by atoms with Crippen molar-refractivity contribution in [2.24, 2.45) is 0 Å². The van der Waals surface area contributed by atoms with Crippen LogP contribution >= 0.6 is 0 Å². The standard InChI is InChI=1S/C23H24N6/c1-16-7-3-4-9-18(16)19-15-20(23-24-12-14-29(23)27-19)25-21-10-5-11-22(26-21)28-13-6-8-17(28)2/h3-5,7,9-12,14-15,17H,6,8,13H2,1-2H3,(H,25,26). The third-order valence-electron chi connectivity index (χ3n) is 5.62. The van der Waals surface area contributed by atoms with E-state index in [0.29, 0.717) is 6.04 Å². The molecule has 3 aromatic heterocycles. The molecule has 0 spiro atoms. The van der Waals surface area contributed by atoms with Gasteiger partial charge in [-0.25, -0.2) is 14.5 Å². The Morgan fingerprint density at radius 3 is 2.83 bits per heavy atom. The molecule has 4 heterocycles. The molecule has 1 fully saturated rings. The molecular formula is C23H24N6. The molecule has 1 aromatic carbocycles. The van der Waals surface area contributed by atoms with Gasteiger partial charge in [-0.15, -0.1) is 0 Å². The summed E-state index contributed by atoms with van der Waals surface area (Å²) in [4.78, 5) is 11.7. The molecule has 4 aromatic rings. The lowest BCUT2D eigenvalue weighted by atomic mass is 10.1. The lowest BCUT2D eigenvalue weighted by Gasteiger charge is -2.23. The van der Waals surface area contributed by atoms with Crippen LogP contribution in [0.4, 0.5) is 17.3 Å². The molecule has 6 heteroatoms. The van der Waals surface area contributed by atoms with Crippen LogP contribution in [0.1, 0.15) is 25.3 Å². The maximum Gasteiger partial charge on any atom is 0.177 e. The van der Waals surface area contributed by atoms with Crippen molar-refractivity contribution < 1.29 is 0 Å². The van der Waals surface area contributed by atoms with Gasteiger partial charge in [0.25, 0.3) is 0 Å². The number of nitrogens with zero attached hydrogens (tertiary/aromatic N) is 5. The van der Waals surface area contributed by atoms with Crippen molar-refractivity contribution >= 4 is 23.0 Å². The van der Waals surface area contributed by atoms with Gasteiger partial charge >= 0.3 is 0 Å². The van der Waals surface area contributed by atoms with Crippen LogP contribution in [0.3, 0.4) is 0 Å². The van der Waals surface area contributed by atoms with Crippen molar-refractivity contribution in [2.75, 3.05) is 16.8 Å². The number of pyridine rings is 1. The fourth-order valence-electron chi connectivity index (χ4n) is 4.07. The van der Waals surface area contributed by atoms with E-state index in [1.54, 1.807) is 6.20 Å². The van der Waals surface area contributed by atoms with Gasteiger partial charge in [-0.1, -0.05) is 30.3 Å². The first-order valence-corrected chi connectivity index (χ1v) is 10.1. The van der Waals surface area contributed by atoms with Crippen molar-refractivity contribution in [3.05, 3.63) is 66.5 Å². The maximum atomic E-state index is 4.87. The highest BCUT2D eigenvalue weighted by molar-refractivity contribution is 5.78. The number of aromatic nitrogens is 4. The minimum absolute atomic E-state index is 0.533. The fraction of sp³-hybridized carbons (Fsp3) is 0.261. The number of nitrogens with one attached hydrogen (secondary N) is 1. The number of anilines is 3. The normalized spacial score (nSPS) is 16.5. The van der Waals surface area contributed by atoms with Crippen LogP contribution in [-0.2, 0) is 0 Å². The summed E-state index contributed by atoms with van der Waals surface area (Å²) < 4.78 is 1.82. The zero-order valence-corrected chi connectivity index (χ0v) is 16.7. The summed E-state index contributed by atoms with van der Waals surface area (Å²) in [6, 6.07) is 17.0. The molecule has 29 heavy (non-hydrogen) atoms. The number of aryl methyl sites for hydroxylation is 1. The van der Waals surface area contributed by atoms with E-state index in [9.17, 15) is 0 Å². The Labute approximate surface area is 170 Å². The van der Waals surface area contributed by atoms with Gasteiger partial charge in [0.15, 0.2) is 5.65 Å². The summed E-state index contributed by atoms with van der Waals surface area (Å²) in [5.41, 5.74) is 4.87. The molecule has 1 saturated heterocycles. The van der Waals surface area contributed by atoms with E-state index >= 15 is 0 Å². The molecule has 1 N–H and O–H groups in total. The Morgan fingerprint density at radius 1 is 1.10 bits per heavy atom. The molecule has 0 amide bonds. The van der Waals surface area contributed by atoms with Crippen LogP contribution in [0, 0.1) is 6.92 Å². The van der Waals surface area contributed by atoms with Crippen molar-refractivity contribution in [3.8, 4) is 11.3 Å². The third-order valence-corrected chi connectivity index (χ3v) is 5.62. The summed E-state index contributed by atoms with van der Waals surface area (Å²) in [6.07, 6.45) is 6.08. The second-order valence-electron chi connectivity index (χ2n) is 7.64. The Hall–Kier alpha value is -3.41. The monoisotopic (exact) mass is 384 g/mol. The van der Waals surface area contributed by atoms with Gasteiger partial charge < -0.3 is 10.2 Å². The van der Waals surface area contributed by atoms with E-state index in [2.05, 4.69) is 59.4 Å². The predicted octanol–water partition coefficient (Wildman–Crippen LogP) is 4.83. The van der Waals surface area contributed by atoms with Gasteiger partial charge in [-0.3, -0.25) is 0 Å². The Kier molecular flexibility index (Phi) is 4.39. The van der Waals surface area contributed by atoms with Gasteiger partial charge in [0.2, 0.25) is 0 Å². The van der Waals surface area contributed by atoms with Crippen LogP contribution in [0.5, 0.6) is 0 Å². The maximum absolute atomic E-state index is 4.87. The second-order valence-corrected chi connectivity index (χ2v) is 7.64. The lowest BCUT2D eigenvalue weighted by molar-refractivity contribution is 0.727. The fourth-order valence-corrected chi connectivity index (χ4v) is 4.07. The smallest absolute Gasteiger partial charge is 0.177 e. The summed E-state index contributed by atoms with van der Waals surface area (Å²) >= 11 is 0. The topological polar surface area (TPSA) is 58.3 Å².